The number of rotatable bonds is 3. The van der Waals surface area contributed by atoms with Gasteiger partial charge >= 0.3 is 5.97 Å². The molecular weight excluding hydrogens is 272 g/mol. The molecule has 1 aliphatic carbocycles. The molecule has 0 amide bonds. The molecule has 0 spiro atoms. The molecule has 0 bridgehead atoms. The van der Waals surface area contributed by atoms with Gasteiger partial charge in [0.05, 0.1) is 6.42 Å². The Morgan fingerprint density at radius 2 is 1.82 bits per heavy atom. The van der Waals surface area contributed by atoms with Gasteiger partial charge in [-0.2, -0.15) is 0 Å². The van der Waals surface area contributed by atoms with Gasteiger partial charge in [-0.1, -0.05) is 60.7 Å². The van der Waals surface area contributed by atoms with E-state index in [1.807, 2.05) is 24.3 Å². The predicted molar refractivity (Wildman–Crippen MR) is 87.3 cm³/mol. The van der Waals surface area contributed by atoms with Gasteiger partial charge in [0.2, 0.25) is 0 Å². The fraction of sp³-hybridized carbons (Fsp3) is 0.150. The lowest BCUT2D eigenvalue weighted by atomic mass is 9.92. The van der Waals surface area contributed by atoms with Crippen molar-refractivity contribution in [1.82, 2.24) is 0 Å². The van der Waals surface area contributed by atoms with Crippen molar-refractivity contribution in [3.05, 3.63) is 82.9 Å². The predicted octanol–water partition coefficient (Wildman–Crippen LogP) is 4.15. The second kappa shape index (κ2) is 4.99. The first kappa shape index (κ1) is 13.1. The first-order chi connectivity index (χ1) is 10.7. The summed E-state index contributed by atoms with van der Waals surface area (Å²) in [4.78, 5) is 11.1. The molecule has 1 N–H and O–H groups in total. The second-order valence-electron chi connectivity index (χ2n) is 5.89. The normalized spacial score (nSPS) is 16.1. The van der Waals surface area contributed by atoms with Gasteiger partial charge in [-0.15, -0.1) is 0 Å². The highest BCUT2D eigenvalue weighted by atomic mass is 16.4. The van der Waals surface area contributed by atoms with Crippen molar-refractivity contribution in [1.29, 1.82) is 0 Å². The van der Waals surface area contributed by atoms with Crippen LogP contribution in [0.4, 0.5) is 0 Å². The minimum Gasteiger partial charge on any atom is -0.481 e. The molecule has 0 radical (unpaired) electrons. The maximum absolute atomic E-state index is 11.1. The van der Waals surface area contributed by atoms with Crippen LogP contribution in [0.3, 0.4) is 0 Å². The molecule has 3 aromatic carbocycles. The highest BCUT2D eigenvalue weighted by Crippen LogP contribution is 2.42. The maximum Gasteiger partial charge on any atom is 0.307 e. The van der Waals surface area contributed by atoms with Crippen LogP contribution in [-0.2, 0) is 17.6 Å². The van der Waals surface area contributed by atoms with Crippen molar-refractivity contribution in [2.45, 2.75) is 18.8 Å². The number of hydrogen-bond donors (Lipinski definition) is 1. The monoisotopic (exact) mass is 288 g/mol. The molecule has 0 unspecified atom stereocenters. The smallest absolute Gasteiger partial charge is 0.307 e. The molecule has 0 heterocycles. The Morgan fingerprint density at radius 1 is 1.00 bits per heavy atom. The highest BCUT2D eigenvalue weighted by Gasteiger charge is 2.26. The Hall–Kier alpha value is -2.61. The minimum atomic E-state index is -0.779. The van der Waals surface area contributed by atoms with E-state index < -0.39 is 5.97 Å². The third kappa shape index (κ3) is 2.00. The number of carboxylic acid groups (broad SMARTS) is 1. The third-order valence-corrected chi connectivity index (χ3v) is 4.59. The van der Waals surface area contributed by atoms with Gasteiger partial charge in [0.15, 0.2) is 0 Å². The van der Waals surface area contributed by atoms with Crippen molar-refractivity contribution in [2.24, 2.45) is 0 Å². The Balaban J connectivity index is 1.90. The first-order valence-electron chi connectivity index (χ1n) is 7.54. The molecule has 22 heavy (non-hydrogen) atoms. The maximum atomic E-state index is 11.1. The molecule has 1 atom stereocenters. The van der Waals surface area contributed by atoms with Gasteiger partial charge in [-0.05, 0) is 39.4 Å². The Labute approximate surface area is 129 Å². The van der Waals surface area contributed by atoms with Crippen molar-refractivity contribution in [3.8, 4) is 0 Å². The molecule has 1 aliphatic rings. The summed E-state index contributed by atoms with van der Waals surface area (Å²) in [7, 11) is 0. The Bertz CT molecular complexity index is 866. The van der Waals surface area contributed by atoms with Gasteiger partial charge < -0.3 is 5.11 Å². The van der Waals surface area contributed by atoms with Crippen molar-refractivity contribution >= 4 is 16.7 Å². The van der Waals surface area contributed by atoms with Crippen LogP contribution in [0.25, 0.3) is 10.8 Å². The molecule has 0 saturated carbocycles. The lowest BCUT2D eigenvalue weighted by molar-refractivity contribution is -0.136. The van der Waals surface area contributed by atoms with E-state index >= 15 is 0 Å². The van der Waals surface area contributed by atoms with Crippen LogP contribution >= 0.6 is 0 Å². The van der Waals surface area contributed by atoms with Crippen LogP contribution in [0.2, 0.25) is 0 Å². The van der Waals surface area contributed by atoms with Crippen LogP contribution < -0.4 is 0 Å². The van der Waals surface area contributed by atoms with E-state index in [-0.39, 0.29) is 6.42 Å². The summed E-state index contributed by atoms with van der Waals surface area (Å²) >= 11 is 0. The molecule has 2 nitrogen and oxygen atoms in total. The number of hydrogen-bond acceptors (Lipinski definition) is 1. The third-order valence-electron chi connectivity index (χ3n) is 4.59. The molecule has 0 aromatic heterocycles. The average molecular weight is 288 g/mol. The summed E-state index contributed by atoms with van der Waals surface area (Å²) in [5.41, 5.74) is 4.88. The minimum absolute atomic E-state index is 0.0796. The number of carboxylic acids is 1. The molecule has 108 valence electrons. The van der Waals surface area contributed by atoms with Crippen molar-refractivity contribution < 1.29 is 9.90 Å². The number of carbonyl (C=O) groups is 1. The van der Waals surface area contributed by atoms with E-state index in [0.717, 1.165) is 17.4 Å². The van der Waals surface area contributed by atoms with Crippen LogP contribution in [0.1, 0.15) is 28.2 Å². The average Bonchev–Trinajstić information content (AvgIpc) is 2.91. The first-order valence-corrected chi connectivity index (χ1v) is 7.54. The largest absolute Gasteiger partial charge is 0.481 e. The topological polar surface area (TPSA) is 37.3 Å². The highest BCUT2D eigenvalue weighted by molar-refractivity contribution is 5.96. The Kier molecular flexibility index (Phi) is 2.97. The molecule has 2 heteroatoms. The quantitative estimate of drug-likeness (QED) is 0.786. The van der Waals surface area contributed by atoms with Gasteiger partial charge in [0.25, 0.3) is 0 Å². The lowest BCUT2D eigenvalue weighted by Gasteiger charge is -2.12. The second-order valence-corrected chi connectivity index (χ2v) is 5.89. The van der Waals surface area contributed by atoms with E-state index in [1.165, 1.54) is 22.1 Å². The standard InChI is InChI=1S/C20H16O2/c21-19(22)12-14-9-10-15-11-18(13-5-2-1-3-6-13)17-8-4-7-16(14)20(15)17/h1-10,18H,11-12H2,(H,21,22)/t18-/m1/s1. The van der Waals surface area contributed by atoms with Gasteiger partial charge in [0.1, 0.15) is 0 Å². The van der Waals surface area contributed by atoms with Crippen molar-refractivity contribution in [2.75, 3.05) is 0 Å². The van der Waals surface area contributed by atoms with E-state index in [0.29, 0.717) is 5.92 Å². The number of benzene rings is 3. The lowest BCUT2D eigenvalue weighted by Crippen LogP contribution is -2.01. The Morgan fingerprint density at radius 3 is 2.59 bits per heavy atom. The summed E-state index contributed by atoms with van der Waals surface area (Å²) in [6.45, 7) is 0. The zero-order valence-electron chi connectivity index (χ0n) is 12.1. The van der Waals surface area contributed by atoms with Gasteiger partial charge in [0, 0.05) is 5.92 Å². The zero-order chi connectivity index (χ0) is 15.1. The summed E-state index contributed by atoms with van der Waals surface area (Å²) in [6.07, 6.45) is 1.07. The summed E-state index contributed by atoms with van der Waals surface area (Å²) in [6, 6.07) is 20.9. The van der Waals surface area contributed by atoms with Crippen LogP contribution in [0, 0.1) is 0 Å². The zero-order valence-corrected chi connectivity index (χ0v) is 12.1. The fourth-order valence-electron chi connectivity index (χ4n) is 3.66. The van der Waals surface area contributed by atoms with E-state index in [2.05, 4.69) is 36.4 Å². The molecule has 3 aromatic rings. The SMILES string of the molecule is O=C(O)Cc1ccc2c3c(cccc13)[C@@H](c1ccccc1)C2. The molecule has 4 rings (SSSR count). The van der Waals surface area contributed by atoms with Crippen molar-refractivity contribution in [3.63, 3.8) is 0 Å². The van der Waals surface area contributed by atoms with Crippen LogP contribution in [0.5, 0.6) is 0 Å². The molecule has 0 aliphatic heterocycles. The number of aliphatic carboxylic acids is 1. The van der Waals surface area contributed by atoms with E-state index in [1.54, 1.807) is 0 Å². The summed E-state index contributed by atoms with van der Waals surface area (Å²) < 4.78 is 0. The summed E-state index contributed by atoms with van der Waals surface area (Å²) in [5, 5.41) is 11.5. The van der Waals surface area contributed by atoms with E-state index in [9.17, 15) is 4.79 Å². The molecule has 0 saturated heterocycles. The fourth-order valence-corrected chi connectivity index (χ4v) is 3.66. The van der Waals surface area contributed by atoms with Crippen LogP contribution in [0.15, 0.2) is 60.7 Å². The van der Waals surface area contributed by atoms with Crippen LogP contribution in [-0.4, -0.2) is 11.1 Å². The molecule has 0 fully saturated rings. The molecular formula is C20H16O2. The van der Waals surface area contributed by atoms with Gasteiger partial charge in [-0.3, -0.25) is 4.79 Å². The summed E-state index contributed by atoms with van der Waals surface area (Å²) in [5.74, 6) is -0.404. The van der Waals surface area contributed by atoms with Gasteiger partial charge in [-0.25, -0.2) is 0 Å². The van der Waals surface area contributed by atoms with E-state index in [4.69, 9.17) is 5.11 Å².